The van der Waals surface area contributed by atoms with Gasteiger partial charge in [0.2, 0.25) is 11.8 Å². The molecule has 0 bridgehead atoms. The van der Waals surface area contributed by atoms with Gasteiger partial charge in [-0.3, -0.25) is 9.59 Å². The van der Waals surface area contributed by atoms with E-state index in [0.717, 1.165) is 12.0 Å². The normalized spacial score (nSPS) is 11.8. The van der Waals surface area contributed by atoms with Gasteiger partial charge in [-0.05, 0) is 38.0 Å². The molecule has 1 heterocycles. The fraction of sp³-hybridized carbons (Fsp3) is 0.292. The molecular formula is C24H26Cl2N4O2. The van der Waals surface area contributed by atoms with Crippen LogP contribution in [0.2, 0.25) is 10.0 Å². The first-order valence-electron chi connectivity index (χ1n) is 10.6. The van der Waals surface area contributed by atoms with Gasteiger partial charge in [-0.1, -0.05) is 60.5 Å². The molecule has 2 N–H and O–H groups in total. The second-order valence-electron chi connectivity index (χ2n) is 7.57. The minimum Gasteiger partial charge on any atom is -0.354 e. The summed E-state index contributed by atoms with van der Waals surface area (Å²) in [6.07, 6.45) is 1.86. The van der Waals surface area contributed by atoms with Gasteiger partial charge in [-0.15, -0.1) is 0 Å². The summed E-state index contributed by atoms with van der Waals surface area (Å²) in [4.78, 5) is 24.5. The van der Waals surface area contributed by atoms with E-state index in [0.29, 0.717) is 40.1 Å². The van der Waals surface area contributed by atoms with E-state index >= 15 is 0 Å². The molecule has 0 radical (unpaired) electrons. The molecule has 3 rings (SSSR count). The molecule has 1 atom stereocenters. The second kappa shape index (κ2) is 11.2. The first-order chi connectivity index (χ1) is 15.4. The van der Waals surface area contributed by atoms with Gasteiger partial charge in [-0.2, -0.15) is 5.10 Å². The molecule has 8 heteroatoms. The highest BCUT2D eigenvalue weighted by molar-refractivity contribution is 6.42. The van der Waals surface area contributed by atoms with E-state index in [1.165, 1.54) is 0 Å². The zero-order valence-electron chi connectivity index (χ0n) is 18.1. The lowest BCUT2D eigenvalue weighted by molar-refractivity contribution is -0.122. The highest BCUT2D eigenvalue weighted by Gasteiger charge is 2.15. The van der Waals surface area contributed by atoms with Crippen LogP contribution in [-0.4, -0.2) is 27.6 Å². The topological polar surface area (TPSA) is 76.0 Å². The van der Waals surface area contributed by atoms with Crippen molar-refractivity contribution < 1.29 is 9.59 Å². The number of nitrogens with one attached hydrogen (secondary N) is 2. The summed E-state index contributed by atoms with van der Waals surface area (Å²) >= 11 is 12.2. The van der Waals surface area contributed by atoms with E-state index in [2.05, 4.69) is 15.7 Å². The molecule has 1 aromatic heterocycles. The molecule has 0 aliphatic carbocycles. The van der Waals surface area contributed by atoms with Crippen molar-refractivity contribution in [3.05, 3.63) is 64.6 Å². The summed E-state index contributed by atoms with van der Waals surface area (Å²) in [5, 5.41) is 11.3. The van der Waals surface area contributed by atoms with E-state index in [1.807, 2.05) is 50.2 Å². The maximum absolute atomic E-state index is 12.6. The molecule has 0 aliphatic rings. The minimum absolute atomic E-state index is 0.0423. The first kappa shape index (κ1) is 23.8. The number of carbonyl (C=O) groups is 2. The van der Waals surface area contributed by atoms with Crippen LogP contribution in [0.25, 0.3) is 16.9 Å². The summed E-state index contributed by atoms with van der Waals surface area (Å²) < 4.78 is 1.62. The van der Waals surface area contributed by atoms with Crippen molar-refractivity contribution >= 4 is 40.8 Å². The molecular weight excluding hydrogens is 447 g/mol. The Morgan fingerprint density at radius 3 is 2.41 bits per heavy atom. The predicted octanol–water partition coefficient (Wildman–Crippen LogP) is 5.87. The van der Waals surface area contributed by atoms with Crippen LogP contribution in [0.5, 0.6) is 0 Å². The van der Waals surface area contributed by atoms with Crippen LogP contribution in [0.1, 0.15) is 39.5 Å². The number of hydrogen-bond acceptors (Lipinski definition) is 3. The van der Waals surface area contributed by atoms with Crippen molar-refractivity contribution in [1.29, 1.82) is 0 Å². The average Bonchev–Trinajstić information content (AvgIpc) is 3.19. The van der Waals surface area contributed by atoms with Crippen molar-refractivity contribution in [2.24, 2.45) is 0 Å². The highest BCUT2D eigenvalue weighted by atomic mass is 35.5. The maximum Gasteiger partial charge on any atom is 0.225 e. The molecule has 2 amide bonds. The van der Waals surface area contributed by atoms with Crippen LogP contribution < -0.4 is 10.6 Å². The average molecular weight is 473 g/mol. The number of amides is 2. The Hall–Kier alpha value is -2.83. The summed E-state index contributed by atoms with van der Waals surface area (Å²) in [5.74, 6) is 0.276. The van der Waals surface area contributed by atoms with E-state index in [4.69, 9.17) is 23.2 Å². The lowest BCUT2D eigenvalue weighted by Crippen LogP contribution is -2.31. The molecule has 0 saturated carbocycles. The molecule has 6 nitrogen and oxygen atoms in total. The van der Waals surface area contributed by atoms with Crippen molar-refractivity contribution in [3.8, 4) is 16.9 Å². The lowest BCUT2D eigenvalue weighted by Gasteiger charge is -2.11. The van der Waals surface area contributed by atoms with Gasteiger partial charge < -0.3 is 10.6 Å². The van der Waals surface area contributed by atoms with Crippen LogP contribution in [0.3, 0.4) is 0 Å². The largest absolute Gasteiger partial charge is 0.354 e. The number of aromatic nitrogens is 2. The Morgan fingerprint density at radius 2 is 1.72 bits per heavy atom. The summed E-state index contributed by atoms with van der Waals surface area (Å²) in [6.45, 7) is 3.97. The number of halogens is 2. The first-order valence-corrected chi connectivity index (χ1v) is 11.3. The molecule has 0 aliphatic heterocycles. The fourth-order valence-corrected chi connectivity index (χ4v) is 3.39. The van der Waals surface area contributed by atoms with Gasteiger partial charge in [0, 0.05) is 30.5 Å². The predicted molar refractivity (Wildman–Crippen MR) is 129 cm³/mol. The number of anilines is 1. The van der Waals surface area contributed by atoms with Gasteiger partial charge in [0.05, 0.1) is 21.4 Å². The standard InChI is InChI=1S/C24H26Cl2N4O2/c1-3-16(2)27-23(31)10-7-11-24(32)28-22-15-21(17-8-5-4-6-9-17)29-30(22)18-12-13-19(25)20(26)14-18/h4-6,8-9,12-16H,3,7,10-11H2,1-2H3,(H,27,31)(H,28,32). The number of hydrogen-bond donors (Lipinski definition) is 2. The van der Waals surface area contributed by atoms with Crippen LogP contribution in [0.4, 0.5) is 5.82 Å². The summed E-state index contributed by atoms with van der Waals surface area (Å²) in [5.41, 5.74) is 2.30. The number of nitrogens with zero attached hydrogens (tertiary/aromatic N) is 2. The summed E-state index contributed by atoms with van der Waals surface area (Å²) in [7, 11) is 0. The Bertz CT molecular complexity index is 1080. The SMILES string of the molecule is CCC(C)NC(=O)CCCC(=O)Nc1cc(-c2ccccc2)nn1-c1ccc(Cl)c(Cl)c1. The maximum atomic E-state index is 12.6. The molecule has 0 fully saturated rings. The lowest BCUT2D eigenvalue weighted by atomic mass is 10.1. The second-order valence-corrected chi connectivity index (χ2v) is 8.38. The molecule has 2 aromatic carbocycles. The highest BCUT2D eigenvalue weighted by Crippen LogP contribution is 2.29. The number of rotatable bonds is 9. The molecule has 3 aromatic rings. The van der Waals surface area contributed by atoms with Crippen LogP contribution in [0.15, 0.2) is 54.6 Å². The van der Waals surface area contributed by atoms with Crippen molar-refractivity contribution in [1.82, 2.24) is 15.1 Å². The molecule has 1 unspecified atom stereocenters. The molecule has 168 valence electrons. The van der Waals surface area contributed by atoms with Gasteiger partial charge in [0.25, 0.3) is 0 Å². The third-order valence-electron chi connectivity index (χ3n) is 5.02. The van der Waals surface area contributed by atoms with E-state index < -0.39 is 0 Å². The third-order valence-corrected chi connectivity index (χ3v) is 5.76. The zero-order chi connectivity index (χ0) is 23.1. The Morgan fingerprint density at radius 1 is 1.00 bits per heavy atom. The smallest absolute Gasteiger partial charge is 0.225 e. The number of carbonyl (C=O) groups excluding carboxylic acids is 2. The number of benzene rings is 2. The summed E-state index contributed by atoms with van der Waals surface area (Å²) in [6, 6.07) is 16.8. The monoisotopic (exact) mass is 472 g/mol. The molecule has 0 saturated heterocycles. The molecule has 32 heavy (non-hydrogen) atoms. The van der Waals surface area contributed by atoms with Gasteiger partial charge in [0.15, 0.2) is 0 Å². The van der Waals surface area contributed by atoms with Crippen LogP contribution in [0, 0.1) is 0 Å². The van der Waals surface area contributed by atoms with E-state index in [9.17, 15) is 9.59 Å². The molecule has 0 spiro atoms. The van der Waals surface area contributed by atoms with Crippen LogP contribution in [-0.2, 0) is 9.59 Å². The van der Waals surface area contributed by atoms with E-state index in [-0.39, 0.29) is 24.3 Å². The Labute approximate surface area is 197 Å². The Kier molecular flexibility index (Phi) is 8.31. The van der Waals surface area contributed by atoms with Gasteiger partial charge in [0.1, 0.15) is 5.82 Å². The Balaban J connectivity index is 1.75. The van der Waals surface area contributed by atoms with Gasteiger partial charge in [-0.25, -0.2) is 4.68 Å². The third kappa shape index (κ3) is 6.34. The fourth-order valence-electron chi connectivity index (χ4n) is 3.10. The van der Waals surface area contributed by atoms with Gasteiger partial charge >= 0.3 is 0 Å². The van der Waals surface area contributed by atoms with Crippen molar-refractivity contribution in [2.75, 3.05) is 5.32 Å². The quantitative estimate of drug-likeness (QED) is 0.408. The van der Waals surface area contributed by atoms with Crippen molar-refractivity contribution in [3.63, 3.8) is 0 Å². The van der Waals surface area contributed by atoms with Crippen molar-refractivity contribution in [2.45, 2.75) is 45.6 Å². The minimum atomic E-state index is -0.192. The van der Waals surface area contributed by atoms with E-state index in [1.54, 1.807) is 22.9 Å². The zero-order valence-corrected chi connectivity index (χ0v) is 19.6. The van der Waals surface area contributed by atoms with Crippen LogP contribution >= 0.6 is 23.2 Å².